The normalized spacial score (nSPS) is 13.5. The quantitative estimate of drug-likeness (QED) is 0.537. The second-order valence-electron chi connectivity index (χ2n) is 7.94. The molecule has 3 aromatic carbocycles. The lowest BCUT2D eigenvalue weighted by atomic mass is 9.97. The number of imide groups is 1. The first-order valence-electron chi connectivity index (χ1n) is 10.6. The third-order valence-corrected chi connectivity index (χ3v) is 5.67. The van der Waals surface area contributed by atoms with Crippen LogP contribution in [0.2, 0.25) is 0 Å². The lowest BCUT2D eigenvalue weighted by Gasteiger charge is -2.16. The molecule has 1 aliphatic heterocycles. The molecule has 0 saturated heterocycles. The Labute approximate surface area is 193 Å². The minimum Gasteiger partial charge on any atom is -0.497 e. The zero-order valence-electron chi connectivity index (χ0n) is 19.1. The van der Waals surface area contributed by atoms with E-state index in [0.29, 0.717) is 22.8 Å². The van der Waals surface area contributed by atoms with Gasteiger partial charge in [-0.2, -0.15) is 0 Å². The topological polar surface area (TPSA) is 67.9 Å². The Hall–Kier alpha value is -4.06. The van der Waals surface area contributed by atoms with Crippen molar-refractivity contribution >= 4 is 23.1 Å². The van der Waals surface area contributed by atoms with Crippen LogP contribution in [0.15, 0.2) is 72.4 Å². The van der Waals surface area contributed by atoms with E-state index < -0.39 is 0 Å². The summed E-state index contributed by atoms with van der Waals surface area (Å²) in [5.41, 5.74) is 4.76. The highest BCUT2D eigenvalue weighted by molar-refractivity contribution is 6.36. The van der Waals surface area contributed by atoms with E-state index in [0.717, 1.165) is 22.3 Å². The van der Waals surface area contributed by atoms with Gasteiger partial charge in [-0.3, -0.25) is 14.5 Å². The molecular weight excluding hydrogens is 416 g/mol. The minimum atomic E-state index is -0.378. The zero-order valence-corrected chi connectivity index (χ0v) is 19.1. The molecule has 1 heterocycles. The molecule has 4 rings (SSSR count). The summed E-state index contributed by atoms with van der Waals surface area (Å²) in [5.74, 6) is 0.423. The predicted molar refractivity (Wildman–Crippen MR) is 128 cm³/mol. The number of nitrogens with one attached hydrogen (secondary N) is 1. The summed E-state index contributed by atoms with van der Waals surface area (Å²) in [5, 5.41) is 3.19. The Morgan fingerprint density at radius 3 is 2.27 bits per heavy atom. The minimum absolute atomic E-state index is 0.192. The molecule has 0 fully saturated rings. The van der Waals surface area contributed by atoms with Crippen LogP contribution in [0.5, 0.6) is 11.5 Å². The van der Waals surface area contributed by atoms with E-state index in [1.54, 1.807) is 32.4 Å². The number of methoxy groups -OCH3 is 2. The van der Waals surface area contributed by atoms with Crippen molar-refractivity contribution in [2.24, 2.45) is 0 Å². The maximum atomic E-state index is 13.6. The summed E-state index contributed by atoms with van der Waals surface area (Å²) in [4.78, 5) is 28.4. The van der Waals surface area contributed by atoms with Crippen molar-refractivity contribution in [2.75, 3.05) is 19.5 Å². The number of benzene rings is 3. The summed E-state index contributed by atoms with van der Waals surface area (Å²) < 4.78 is 10.8. The van der Waals surface area contributed by atoms with Crippen LogP contribution < -0.4 is 14.8 Å². The number of carbonyl (C=O) groups excluding carboxylic acids is 2. The molecule has 1 N–H and O–H groups in total. The fourth-order valence-corrected chi connectivity index (χ4v) is 3.98. The molecule has 3 aromatic rings. The van der Waals surface area contributed by atoms with E-state index >= 15 is 0 Å². The van der Waals surface area contributed by atoms with Crippen LogP contribution in [0.4, 0.5) is 5.69 Å². The number of nitrogens with zero attached hydrogens (tertiary/aromatic N) is 1. The monoisotopic (exact) mass is 442 g/mol. The smallest absolute Gasteiger partial charge is 0.278 e. The molecule has 2 amide bonds. The molecule has 168 valence electrons. The third-order valence-electron chi connectivity index (χ3n) is 5.67. The maximum Gasteiger partial charge on any atom is 0.278 e. The molecule has 0 aromatic heterocycles. The molecule has 0 saturated carbocycles. The van der Waals surface area contributed by atoms with Gasteiger partial charge in [-0.05, 0) is 42.7 Å². The highest BCUT2D eigenvalue weighted by Gasteiger charge is 2.40. The van der Waals surface area contributed by atoms with Crippen LogP contribution in [-0.4, -0.2) is 30.9 Å². The van der Waals surface area contributed by atoms with Gasteiger partial charge in [0.25, 0.3) is 11.8 Å². The van der Waals surface area contributed by atoms with Gasteiger partial charge < -0.3 is 14.8 Å². The Kier molecular flexibility index (Phi) is 6.18. The van der Waals surface area contributed by atoms with Crippen molar-refractivity contribution in [3.05, 3.63) is 94.7 Å². The molecule has 0 bridgehead atoms. The molecule has 0 atom stereocenters. The van der Waals surface area contributed by atoms with E-state index in [1.807, 2.05) is 62.4 Å². The van der Waals surface area contributed by atoms with Crippen LogP contribution in [-0.2, 0) is 16.1 Å². The Morgan fingerprint density at radius 2 is 1.61 bits per heavy atom. The molecule has 0 spiro atoms. The summed E-state index contributed by atoms with van der Waals surface area (Å²) in [6, 6.07) is 20.6. The number of rotatable bonds is 7. The van der Waals surface area contributed by atoms with Crippen LogP contribution in [0.1, 0.15) is 22.3 Å². The van der Waals surface area contributed by atoms with E-state index in [1.165, 1.54) is 4.90 Å². The van der Waals surface area contributed by atoms with Gasteiger partial charge in [-0.25, -0.2) is 0 Å². The van der Waals surface area contributed by atoms with Gasteiger partial charge in [0.05, 0.1) is 32.0 Å². The number of hydrogen-bond acceptors (Lipinski definition) is 5. The zero-order chi connectivity index (χ0) is 23.5. The Bertz CT molecular complexity index is 1250. The van der Waals surface area contributed by atoms with Gasteiger partial charge in [0.2, 0.25) is 0 Å². The Balaban J connectivity index is 1.80. The van der Waals surface area contributed by atoms with Crippen molar-refractivity contribution in [3.8, 4) is 11.5 Å². The van der Waals surface area contributed by atoms with Gasteiger partial charge in [-0.15, -0.1) is 0 Å². The van der Waals surface area contributed by atoms with Crippen LogP contribution in [0.25, 0.3) is 5.57 Å². The van der Waals surface area contributed by atoms with Crippen molar-refractivity contribution in [1.29, 1.82) is 0 Å². The molecule has 33 heavy (non-hydrogen) atoms. The number of aryl methyl sites for hydroxylation is 2. The SMILES string of the molecule is COc1ccc(NC2=C(c3ccc(C)cc3C)C(=O)N(Cc3ccccc3)C2=O)c(OC)c1. The first-order valence-corrected chi connectivity index (χ1v) is 10.6. The summed E-state index contributed by atoms with van der Waals surface area (Å²) in [6.07, 6.45) is 0. The fraction of sp³-hybridized carbons (Fsp3) is 0.185. The number of ether oxygens (including phenoxy) is 2. The van der Waals surface area contributed by atoms with Gasteiger partial charge in [-0.1, -0.05) is 54.1 Å². The largest absolute Gasteiger partial charge is 0.497 e. The first kappa shape index (κ1) is 22.1. The molecule has 0 radical (unpaired) electrons. The summed E-state index contributed by atoms with van der Waals surface area (Å²) in [6.45, 7) is 4.13. The molecular formula is C27H26N2O4. The van der Waals surface area contributed by atoms with Gasteiger partial charge in [0, 0.05) is 6.07 Å². The van der Waals surface area contributed by atoms with Crippen LogP contribution >= 0.6 is 0 Å². The highest BCUT2D eigenvalue weighted by atomic mass is 16.5. The third kappa shape index (κ3) is 4.32. The average molecular weight is 443 g/mol. The van der Waals surface area contributed by atoms with Crippen LogP contribution in [0, 0.1) is 13.8 Å². The van der Waals surface area contributed by atoms with E-state index in [2.05, 4.69) is 5.32 Å². The lowest BCUT2D eigenvalue weighted by molar-refractivity contribution is -0.137. The van der Waals surface area contributed by atoms with Crippen LogP contribution in [0.3, 0.4) is 0 Å². The van der Waals surface area contributed by atoms with Gasteiger partial charge >= 0.3 is 0 Å². The van der Waals surface area contributed by atoms with Gasteiger partial charge in [0.1, 0.15) is 17.2 Å². The number of hydrogen-bond donors (Lipinski definition) is 1. The van der Waals surface area contributed by atoms with E-state index in [9.17, 15) is 9.59 Å². The molecule has 6 nitrogen and oxygen atoms in total. The first-order chi connectivity index (χ1) is 15.9. The standard InChI is InChI=1S/C27H26N2O4/c1-17-10-12-21(18(2)14-17)24-25(28-22-13-11-20(32-3)15-23(22)33-4)27(31)29(26(24)30)16-19-8-6-5-7-9-19/h5-15,28H,16H2,1-4H3. The second kappa shape index (κ2) is 9.20. The highest BCUT2D eigenvalue weighted by Crippen LogP contribution is 2.36. The lowest BCUT2D eigenvalue weighted by Crippen LogP contribution is -2.32. The number of anilines is 1. The average Bonchev–Trinajstić information content (AvgIpc) is 3.04. The van der Waals surface area contributed by atoms with Crippen molar-refractivity contribution in [3.63, 3.8) is 0 Å². The van der Waals surface area contributed by atoms with E-state index in [-0.39, 0.29) is 24.1 Å². The molecule has 0 unspecified atom stereocenters. The van der Waals surface area contributed by atoms with Crippen molar-refractivity contribution in [1.82, 2.24) is 4.90 Å². The maximum absolute atomic E-state index is 13.6. The van der Waals surface area contributed by atoms with Crippen molar-refractivity contribution < 1.29 is 19.1 Å². The summed E-state index contributed by atoms with van der Waals surface area (Å²) >= 11 is 0. The molecule has 0 aliphatic carbocycles. The summed E-state index contributed by atoms with van der Waals surface area (Å²) in [7, 11) is 3.12. The van der Waals surface area contributed by atoms with Crippen molar-refractivity contribution in [2.45, 2.75) is 20.4 Å². The molecule has 1 aliphatic rings. The molecule has 6 heteroatoms. The number of carbonyl (C=O) groups is 2. The Morgan fingerprint density at radius 1 is 0.848 bits per heavy atom. The van der Waals surface area contributed by atoms with E-state index in [4.69, 9.17) is 9.47 Å². The van der Waals surface area contributed by atoms with Gasteiger partial charge in [0.15, 0.2) is 0 Å². The fourth-order valence-electron chi connectivity index (χ4n) is 3.98. The number of amides is 2. The predicted octanol–water partition coefficient (Wildman–Crippen LogP) is 4.71. The second-order valence-corrected chi connectivity index (χ2v) is 7.94.